The molecule has 3 nitrogen and oxygen atoms in total. The molecule has 72 valence electrons. The Kier molecular flexibility index (Phi) is 3.91. The second-order valence-electron chi connectivity index (χ2n) is 3.49. The first-order valence-electron chi connectivity index (χ1n) is 4.94. The Balaban J connectivity index is 2.63. The number of nitriles is 1. The number of carbonyl (C=O) groups is 1. The zero-order chi connectivity index (χ0) is 9.68. The van der Waals surface area contributed by atoms with Crippen LogP contribution in [0.1, 0.15) is 32.6 Å². The molecule has 1 aliphatic heterocycles. The normalized spacial score (nSPS) is 26.3. The van der Waals surface area contributed by atoms with Gasteiger partial charge in [0.25, 0.3) is 0 Å². The van der Waals surface area contributed by atoms with E-state index in [0.717, 1.165) is 38.5 Å². The Morgan fingerprint density at radius 3 is 3.00 bits per heavy atom. The summed E-state index contributed by atoms with van der Waals surface area (Å²) >= 11 is 0. The summed E-state index contributed by atoms with van der Waals surface area (Å²) in [6, 6.07) is 2.16. The average Bonchev–Trinajstić information content (AvgIpc) is 2.20. The first-order chi connectivity index (χ1) is 6.33. The van der Waals surface area contributed by atoms with E-state index in [1.165, 1.54) is 0 Å². The molecule has 0 aromatic rings. The van der Waals surface area contributed by atoms with Gasteiger partial charge in [-0.2, -0.15) is 5.26 Å². The van der Waals surface area contributed by atoms with Crippen molar-refractivity contribution in [2.75, 3.05) is 6.54 Å². The largest absolute Gasteiger partial charge is 0.302 e. The molecule has 2 atom stereocenters. The van der Waals surface area contributed by atoms with Gasteiger partial charge in [0.05, 0.1) is 18.2 Å². The minimum Gasteiger partial charge on any atom is -0.302 e. The second-order valence-corrected chi connectivity index (χ2v) is 3.49. The molecule has 2 unspecified atom stereocenters. The number of nitrogens with zero attached hydrogens (tertiary/aromatic N) is 2. The van der Waals surface area contributed by atoms with E-state index in [-0.39, 0.29) is 12.1 Å². The molecule has 1 aliphatic rings. The van der Waals surface area contributed by atoms with Gasteiger partial charge in [0.2, 0.25) is 0 Å². The molecular weight excluding hydrogens is 164 g/mol. The van der Waals surface area contributed by atoms with E-state index >= 15 is 0 Å². The molecule has 0 aliphatic carbocycles. The van der Waals surface area contributed by atoms with E-state index in [2.05, 4.69) is 6.07 Å². The van der Waals surface area contributed by atoms with Gasteiger partial charge in [-0.25, -0.2) is 0 Å². The van der Waals surface area contributed by atoms with E-state index in [0.29, 0.717) is 0 Å². The molecule has 3 heteroatoms. The predicted octanol–water partition coefficient (Wildman–Crippen LogP) is 1.34. The third-order valence-corrected chi connectivity index (χ3v) is 2.69. The summed E-state index contributed by atoms with van der Waals surface area (Å²) in [4.78, 5) is 12.8. The average molecular weight is 180 g/mol. The molecule has 0 aromatic heterocycles. The topological polar surface area (TPSA) is 44.1 Å². The maximum atomic E-state index is 10.8. The summed E-state index contributed by atoms with van der Waals surface area (Å²) in [5.74, 6) is 0. The number of hydrogen-bond acceptors (Lipinski definition) is 3. The highest BCUT2D eigenvalue weighted by molar-refractivity contribution is 5.57. The minimum atomic E-state index is -0.0736. The molecule has 0 radical (unpaired) electrons. The maximum Gasteiger partial charge on any atom is 0.137 e. The minimum absolute atomic E-state index is 0.0154. The first-order valence-corrected chi connectivity index (χ1v) is 4.94. The fraction of sp³-hybridized carbons (Fsp3) is 0.800. The SMILES string of the molecule is CCC(C#N)N1CCCCC1C=O. The predicted molar refractivity (Wildman–Crippen MR) is 50.1 cm³/mol. The van der Waals surface area contributed by atoms with Crippen LogP contribution in [0.2, 0.25) is 0 Å². The van der Waals surface area contributed by atoms with Crippen LogP contribution in [0.5, 0.6) is 0 Å². The van der Waals surface area contributed by atoms with Crippen LogP contribution in [-0.4, -0.2) is 29.8 Å². The van der Waals surface area contributed by atoms with Gasteiger partial charge >= 0.3 is 0 Å². The standard InChI is InChI=1S/C10H16N2O/c1-2-9(7-11)12-6-4-3-5-10(12)8-13/h8-10H,2-6H2,1H3. The monoisotopic (exact) mass is 180 g/mol. The molecule has 1 rings (SSSR count). The Morgan fingerprint density at radius 2 is 2.46 bits per heavy atom. The lowest BCUT2D eigenvalue weighted by atomic mass is 10.0. The van der Waals surface area contributed by atoms with Crippen LogP contribution >= 0.6 is 0 Å². The molecule has 1 fully saturated rings. The Bertz CT molecular complexity index is 209. The summed E-state index contributed by atoms with van der Waals surface area (Å²) < 4.78 is 0. The van der Waals surface area contributed by atoms with Gasteiger partial charge in [0, 0.05) is 6.54 Å². The molecule has 0 amide bonds. The highest BCUT2D eigenvalue weighted by Gasteiger charge is 2.27. The van der Waals surface area contributed by atoms with Crippen LogP contribution in [0.15, 0.2) is 0 Å². The molecule has 13 heavy (non-hydrogen) atoms. The summed E-state index contributed by atoms with van der Waals surface area (Å²) in [6.07, 6.45) is 4.94. The van der Waals surface area contributed by atoms with Gasteiger partial charge in [0.15, 0.2) is 0 Å². The number of carbonyl (C=O) groups excluding carboxylic acids is 1. The van der Waals surface area contributed by atoms with Gasteiger partial charge < -0.3 is 4.79 Å². The lowest BCUT2D eigenvalue weighted by Crippen LogP contribution is -2.46. The zero-order valence-electron chi connectivity index (χ0n) is 8.07. The van der Waals surface area contributed by atoms with Crippen molar-refractivity contribution in [3.8, 4) is 6.07 Å². The fourth-order valence-corrected chi connectivity index (χ4v) is 1.91. The molecule has 0 aromatic carbocycles. The van der Waals surface area contributed by atoms with Gasteiger partial charge in [-0.1, -0.05) is 13.3 Å². The summed E-state index contributed by atoms with van der Waals surface area (Å²) in [5, 5.41) is 8.88. The Labute approximate surface area is 79.3 Å². The van der Waals surface area contributed by atoms with Crippen LogP contribution in [0.3, 0.4) is 0 Å². The molecule has 1 saturated heterocycles. The van der Waals surface area contributed by atoms with Gasteiger partial charge in [0.1, 0.15) is 6.29 Å². The van der Waals surface area contributed by atoms with Crippen molar-refractivity contribution in [3.05, 3.63) is 0 Å². The van der Waals surface area contributed by atoms with Crippen molar-refractivity contribution in [3.63, 3.8) is 0 Å². The fourth-order valence-electron chi connectivity index (χ4n) is 1.91. The van der Waals surface area contributed by atoms with Crippen molar-refractivity contribution in [2.24, 2.45) is 0 Å². The van der Waals surface area contributed by atoms with E-state index in [4.69, 9.17) is 5.26 Å². The Hall–Kier alpha value is -0.880. The third-order valence-electron chi connectivity index (χ3n) is 2.69. The van der Waals surface area contributed by atoms with Crippen LogP contribution < -0.4 is 0 Å². The first kappa shape index (κ1) is 10.2. The number of piperidine rings is 1. The van der Waals surface area contributed by atoms with Crippen LogP contribution in [0.4, 0.5) is 0 Å². The summed E-state index contributed by atoms with van der Waals surface area (Å²) in [7, 11) is 0. The maximum absolute atomic E-state index is 10.8. The van der Waals surface area contributed by atoms with Crippen molar-refractivity contribution in [2.45, 2.75) is 44.7 Å². The van der Waals surface area contributed by atoms with E-state index in [1.807, 2.05) is 11.8 Å². The number of likely N-dealkylation sites (tertiary alicyclic amines) is 1. The van der Waals surface area contributed by atoms with E-state index in [1.54, 1.807) is 0 Å². The van der Waals surface area contributed by atoms with Crippen molar-refractivity contribution in [1.29, 1.82) is 5.26 Å². The van der Waals surface area contributed by atoms with Gasteiger partial charge in [-0.15, -0.1) is 0 Å². The third kappa shape index (κ3) is 2.28. The van der Waals surface area contributed by atoms with Crippen LogP contribution in [0, 0.1) is 11.3 Å². The second kappa shape index (κ2) is 4.98. The lowest BCUT2D eigenvalue weighted by Gasteiger charge is -2.34. The molecule has 0 saturated carbocycles. The highest BCUT2D eigenvalue weighted by Crippen LogP contribution is 2.19. The smallest absolute Gasteiger partial charge is 0.137 e. The number of rotatable bonds is 3. The molecule has 1 heterocycles. The van der Waals surface area contributed by atoms with Gasteiger partial charge in [-0.3, -0.25) is 4.90 Å². The molecular formula is C10H16N2O. The van der Waals surface area contributed by atoms with Crippen molar-refractivity contribution in [1.82, 2.24) is 4.90 Å². The molecule has 0 N–H and O–H groups in total. The zero-order valence-corrected chi connectivity index (χ0v) is 8.07. The summed E-state index contributed by atoms with van der Waals surface area (Å²) in [5.41, 5.74) is 0. The summed E-state index contributed by atoms with van der Waals surface area (Å²) in [6.45, 7) is 2.89. The Morgan fingerprint density at radius 1 is 1.69 bits per heavy atom. The molecule has 0 bridgehead atoms. The number of aldehydes is 1. The number of hydrogen-bond donors (Lipinski definition) is 0. The van der Waals surface area contributed by atoms with Crippen LogP contribution in [-0.2, 0) is 4.79 Å². The lowest BCUT2D eigenvalue weighted by molar-refractivity contribution is -0.114. The van der Waals surface area contributed by atoms with E-state index < -0.39 is 0 Å². The molecule has 0 spiro atoms. The van der Waals surface area contributed by atoms with Crippen molar-refractivity contribution >= 4 is 6.29 Å². The van der Waals surface area contributed by atoms with Crippen molar-refractivity contribution < 1.29 is 4.79 Å². The highest BCUT2D eigenvalue weighted by atomic mass is 16.1. The quantitative estimate of drug-likeness (QED) is 0.616. The van der Waals surface area contributed by atoms with E-state index in [9.17, 15) is 4.79 Å². The van der Waals surface area contributed by atoms with Gasteiger partial charge in [-0.05, 0) is 19.3 Å². The van der Waals surface area contributed by atoms with Crippen LogP contribution in [0.25, 0.3) is 0 Å².